The van der Waals surface area contributed by atoms with Crippen molar-refractivity contribution in [1.29, 1.82) is 0 Å². The minimum atomic E-state index is -0.215. The van der Waals surface area contributed by atoms with Gasteiger partial charge in [-0.2, -0.15) is 0 Å². The van der Waals surface area contributed by atoms with Crippen LogP contribution in [0, 0.1) is 0 Å². The van der Waals surface area contributed by atoms with Crippen LogP contribution >= 0.6 is 22.7 Å². The van der Waals surface area contributed by atoms with Crippen LogP contribution in [0.4, 0.5) is 0 Å². The number of aromatic nitrogens is 4. The zero-order valence-corrected chi connectivity index (χ0v) is 26.8. The first kappa shape index (κ1) is 28.3. The van der Waals surface area contributed by atoms with Gasteiger partial charge in [0, 0.05) is 87.4 Å². The number of pyridine rings is 4. The Morgan fingerprint density at radius 1 is 0.438 bits per heavy atom. The molecule has 8 heteroatoms. The fourth-order valence-electron chi connectivity index (χ4n) is 6.33. The van der Waals surface area contributed by atoms with Gasteiger partial charge in [-0.3, -0.25) is 29.5 Å². The Labute approximate surface area is 282 Å². The Morgan fingerprint density at radius 3 is 1.25 bits per heavy atom. The zero-order chi connectivity index (χ0) is 32.2. The highest BCUT2D eigenvalue weighted by Crippen LogP contribution is 2.53. The van der Waals surface area contributed by atoms with Gasteiger partial charge in [0.2, 0.25) is 11.6 Å². The quantitative estimate of drug-likeness (QED) is 0.166. The molecule has 0 saturated heterocycles. The van der Waals surface area contributed by atoms with Gasteiger partial charge in [-0.15, -0.1) is 22.7 Å². The van der Waals surface area contributed by atoms with Gasteiger partial charge in [0.15, 0.2) is 0 Å². The summed E-state index contributed by atoms with van der Waals surface area (Å²) in [6.45, 7) is 0. The van der Waals surface area contributed by atoms with Crippen LogP contribution in [-0.2, 0) is 0 Å². The molecule has 6 aromatic heterocycles. The topological polar surface area (TPSA) is 85.7 Å². The van der Waals surface area contributed by atoms with E-state index in [1.54, 1.807) is 96.0 Å². The maximum Gasteiger partial charge on any atom is 0.229 e. The number of nitrogens with zero attached hydrogens (tertiary/aromatic N) is 4. The van der Waals surface area contributed by atoms with Crippen molar-refractivity contribution in [1.82, 2.24) is 19.9 Å². The molecular weight excluding hydrogens is 633 g/mol. The Kier molecular flexibility index (Phi) is 6.70. The normalized spacial score (nSPS) is 11.5. The lowest BCUT2D eigenvalue weighted by Crippen LogP contribution is -2.06. The SMILES string of the molecule is O=C(c1ccccn1)c1ccc(-c2c3sc4ccccc4c3c(-c3ccc(C(=O)c4ccccn4)nc3)c3sc4ccccc4c23)cn1. The van der Waals surface area contributed by atoms with Crippen molar-refractivity contribution in [3.05, 3.63) is 157 Å². The number of thiophene rings is 2. The molecule has 0 atom stereocenters. The zero-order valence-electron chi connectivity index (χ0n) is 25.1. The highest BCUT2D eigenvalue weighted by atomic mass is 32.1. The highest BCUT2D eigenvalue weighted by Gasteiger charge is 2.25. The summed E-state index contributed by atoms with van der Waals surface area (Å²) >= 11 is 3.50. The number of hydrogen-bond acceptors (Lipinski definition) is 8. The van der Waals surface area contributed by atoms with Crippen LogP contribution in [0.15, 0.2) is 134 Å². The molecule has 0 spiro atoms. The second-order valence-corrected chi connectivity index (χ2v) is 13.4. The Bertz CT molecular complexity index is 2500. The molecule has 0 aliphatic rings. The maximum absolute atomic E-state index is 13.2. The predicted octanol–water partition coefficient (Wildman–Crippen LogP) is 9.80. The molecular formula is C40H22N4O2S2. The monoisotopic (exact) mass is 654 g/mol. The van der Waals surface area contributed by atoms with Gasteiger partial charge in [-0.05, 0) is 48.5 Å². The molecule has 0 saturated carbocycles. The van der Waals surface area contributed by atoms with Crippen LogP contribution in [0.25, 0.3) is 62.6 Å². The Hall–Kier alpha value is -5.96. The van der Waals surface area contributed by atoms with Crippen LogP contribution in [0.3, 0.4) is 0 Å². The number of hydrogen-bond donors (Lipinski definition) is 0. The van der Waals surface area contributed by atoms with E-state index in [1.807, 2.05) is 12.1 Å². The summed E-state index contributed by atoms with van der Waals surface area (Å²) < 4.78 is 4.59. The van der Waals surface area contributed by atoms with E-state index in [1.165, 1.54) is 9.40 Å². The smallest absolute Gasteiger partial charge is 0.229 e. The average Bonchev–Trinajstić information content (AvgIpc) is 3.73. The molecule has 3 aromatic carbocycles. The van der Waals surface area contributed by atoms with E-state index in [0.717, 1.165) is 53.2 Å². The third kappa shape index (κ3) is 4.53. The molecule has 48 heavy (non-hydrogen) atoms. The van der Waals surface area contributed by atoms with Gasteiger partial charge in [-0.25, -0.2) is 0 Å². The van der Waals surface area contributed by atoms with Crippen molar-refractivity contribution in [3.63, 3.8) is 0 Å². The predicted molar refractivity (Wildman–Crippen MR) is 194 cm³/mol. The molecule has 6 heterocycles. The summed E-state index contributed by atoms with van der Waals surface area (Å²) in [6, 6.07) is 35.1. The molecule has 6 nitrogen and oxygen atoms in total. The molecule has 9 aromatic rings. The lowest BCUT2D eigenvalue weighted by Gasteiger charge is -2.13. The minimum Gasteiger partial charge on any atom is -0.285 e. The first-order valence-corrected chi connectivity index (χ1v) is 16.9. The summed E-state index contributed by atoms with van der Waals surface area (Å²) in [7, 11) is 0. The van der Waals surface area contributed by atoms with E-state index >= 15 is 0 Å². The lowest BCUT2D eigenvalue weighted by molar-refractivity contribution is 0.102. The number of carbonyl (C=O) groups excluding carboxylic acids is 2. The van der Waals surface area contributed by atoms with E-state index < -0.39 is 0 Å². The average molecular weight is 655 g/mol. The maximum atomic E-state index is 13.2. The van der Waals surface area contributed by atoms with Gasteiger partial charge in [0.25, 0.3) is 0 Å². The van der Waals surface area contributed by atoms with E-state index in [0.29, 0.717) is 22.8 Å². The van der Waals surface area contributed by atoms with Gasteiger partial charge >= 0.3 is 0 Å². The Morgan fingerprint density at radius 2 is 0.854 bits per heavy atom. The molecule has 0 amide bonds. The van der Waals surface area contributed by atoms with E-state index in [4.69, 9.17) is 0 Å². The van der Waals surface area contributed by atoms with Crippen LogP contribution in [-0.4, -0.2) is 31.5 Å². The third-order valence-electron chi connectivity index (χ3n) is 8.51. The number of rotatable bonds is 6. The highest BCUT2D eigenvalue weighted by molar-refractivity contribution is 7.28. The number of carbonyl (C=O) groups is 2. The molecule has 0 N–H and O–H groups in total. The lowest BCUT2D eigenvalue weighted by atomic mass is 9.91. The molecule has 9 rings (SSSR count). The first-order valence-electron chi connectivity index (χ1n) is 15.3. The van der Waals surface area contributed by atoms with Gasteiger partial charge in [-0.1, -0.05) is 60.7 Å². The molecule has 0 fully saturated rings. The van der Waals surface area contributed by atoms with Crippen molar-refractivity contribution in [2.45, 2.75) is 0 Å². The largest absolute Gasteiger partial charge is 0.285 e. The molecule has 0 bridgehead atoms. The van der Waals surface area contributed by atoms with Crippen molar-refractivity contribution >= 4 is 74.6 Å². The summed E-state index contributed by atoms with van der Waals surface area (Å²) in [6.07, 6.45) is 6.84. The molecule has 226 valence electrons. The molecule has 0 unspecified atom stereocenters. The van der Waals surface area contributed by atoms with E-state index in [9.17, 15) is 9.59 Å². The van der Waals surface area contributed by atoms with Crippen LogP contribution in [0.1, 0.15) is 32.4 Å². The summed E-state index contributed by atoms with van der Waals surface area (Å²) in [5.74, 6) is -0.429. The summed E-state index contributed by atoms with van der Waals surface area (Å²) in [5.41, 5.74) is 5.45. The fourth-order valence-corrected chi connectivity index (χ4v) is 8.89. The molecule has 0 aliphatic carbocycles. The number of fused-ring (bicyclic) bond motifs is 6. The second-order valence-electron chi connectivity index (χ2n) is 11.3. The molecule has 0 aliphatic heterocycles. The van der Waals surface area contributed by atoms with Crippen molar-refractivity contribution in [2.75, 3.05) is 0 Å². The van der Waals surface area contributed by atoms with E-state index in [2.05, 4.69) is 68.5 Å². The molecule has 0 radical (unpaired) electrons. The standard InChI is InChI=1S/C40H22N4O2S2/c45-37(27-11-5-7-19-41-27)29-17-15-23(21-43-29)33-35-25-9-1-3-13-31(25)47-39(35)34(36-26-10-2-4-14-32(26)48-40(33)36)24-16-18-30(44-22-24)38(46)28-12-6-8-20-42-28/h1-22H. The Balaban J connectivity index is 1.30. The van der Waals surface area contributed by atoms with Crippen molar-refractivity contribution in [2.24, 2.45) is 0 Å². The first-order chi connectivity index (χ1) is 23.7. The number of benzene rings is 3. The van der Waals surface area contributed by atoms with Crippen LogP contribution in [0.2, 0.25) is 0 Å². The van der Waals surface area contributed by atoms with Crippen LogP contribution in [0.5, 0.6) is 0 Å². The van der Waals surface area contributed by atoms with Crippen LogP contribution < -0.4 is 0 Å². The number of ketones is 2. The van der Waals surface area contributed by atoms with E-state index in [-0.39, 0.29) is 11.6 Å². The third-order valence-corrected chi connectivity index (χ3v) is 10.9. The fraction of sp³-hybridized carbons (Fsp3) is 0. The van der Waals surface area contributed by atoms with Gasteiger partial charge < -0.3 is 0 Å². The minimum absolute atomic E-state index is 0.215. The second kappa shape index (κ2) is 11.4. The van der Waals surface area contributed by atoms with Gasteiger partial charge in [0.05, 0.1) is 0 Å². The summed E-state index contributed by atoms with van der Waals surface area (Å²) in [5, 5.41) is 4.56. The van der Waals surface area contributed by atoms with Gasteiger partial charge in [0.1, 0.15) is 22.8 Å². The summed E-state index contributed by atoms with van der Waals surface area (Å²) in [4.78, 5) is 44.1. The van der Waals surface area contributed by atoms with Crippen molar-refractivity contribution in [3.8, 4) is 22.3 Å². The van der Waals surface area contributed by atoms with Crippen molar-refractivity contribution < 1.29 is 9.59 Å².